The van der Waals surface area contributed by atoms with E-state index in [1.165, 1.54) is 5.56 Å². The zero-order valence-electron chi connectivity index (χ0n) is 13.4. The summed E-state index contributed by atoms with van der Waals surface area (Å²) in [5, 5.41) is 3.41. The lowest BCUT2D eigenvalue weighted by Crippen LogP contribution is -2.20. The molecule has 2 unspecified atom stereocenters. The average molecular weight is 293 g/mol. The molecule has 2 atom stereocenters. The second-order valence-corrected chi connectivity index (χ2v) is 5.38. The summed E-state index contributed by atoms with van der Waals surface area (Å²) in [6.07, 6.45) is 2.25. The molecule has 0 aliphatic carbocycles. The molecule has 0 saturated carbocycles. The Balaban J connectivity index is 2.13. The van der Waals surface area contributed by atoms with Crippen LogP contribution in [-0.4, -0.2) is 33.5 Å². The highest BCUT2D eigenvalue weighted by atomic mass is 16.5. The van der Waals surface area contributed by atoms with E-state index in [4.69, 9.17) is 14.2 Å². The van der Waals surface area contributed by atoms with Crippen molar-refractivity contribution in [3.63, 3.8) is 0 Å². The topological polar surface area (TPSA) is 39.7 Å². The minimum Gasteiger partial charge on any atom is -0.490 e. The molecule has 2 rings (SSSR count). The van der Waals surface area contributed by atoms with Gasteiger partial charge in [0.15, 0.2) is 11.5 Å². The van der Waals surface area contributed by atoms with E-state index in [0.717, 1.165) is 37.6 Å². The molecule has 0 aromatic heterocycles. The van der Waals surface area contributed by atoms with Gasteiger partial charge in [-0.3, -0.25) is 0 Å². The van der Waals surface area contributed by atoms with Crippen LogP contribution in [0.5, 0.6) is 11.5 Å². The molecule has 1 aliphatic heterocycles. The predicted octanol–water partition coefficient (Wildman–Crippen LogP) is 3.17. The number of benzene rings is 1. The Labute approximate surface area is 127 Å². The summed E-state index contributed by atoms with van der Waals surface area (Å²) >= 11 is 0. The molecule has 1 aromatic carbocycles. The van der Waals surface area contributed by atoms with Gasteiger partial charge in [-0.2, -0.15) is 0 Å². The van der Waals surface area contributed by atoms with E-state index in [-0.39, 0.29) is 0 Å². The van der Waals surface area contributed by atoms with Crippen molar-refractivity contribution >= 4 is 0 Å². The maximum absolute atomic E-state index is 5.72. The molecule has 118 valence electrons. The summed E-state index contributed by atoms with van der Waals surface area (Å²) in [5.41, 5.74) is 1.25. The van der Waals surface area contributed by atoms with Gasteiger partial charge in [-0.05, 0) is 57.4 Å². The smallest absolute Gasteiger partial charge is 0.161 e. The van der Waals surface area contributed by atoms with E-state index in [1.807, 2.05) is 27.0 Å². The van der Waals surface area contributed by atoms with Crippen LogP contribution < -0.4 is 14.8 Å². The van der Waals surface area contributed by atoms with Crippen LogP contribution in [-0.2, 0) is 4.74 Å². The van der Waals surface area contributed by atoms with Crippen LogP contribution in [0.2, 0.25) is 0 Å². The maximum Gasteiger partial charge on any atom is 0.161 e. The minimum absolute atomic E-state index is 0.326. The molecule has 0 amide bonds. The summed E-state index contributed by atoms with van der Waals surface area (Å²) in [7, 11) is 2.01. The van der Waals surface area contributed by atoms with Crippen molar-refractivity contribution in [1.82, 2.24) is 5.32 Å². The minimum atomic E-state index is 0.326. The molecule has 4 nitrogen and oxygen atoms in total. The zero-order valence-corrected chi connectivity index (χ0v) is 13.4. The maximum atomic E-state index is 5.72. The standard InChI is InChI=1S/C17H27NO3/c1-4-20-16-7-6-14(11-17(16)21-5-2)15(18-3)10-13-8-9-19-12-13/h6-7,11,13,15,18H,4-5,8-10,12H2,1-3H3. The van der Waals surface area contributed by atoms with Gasteiger partial charge in [-0.25, -0.2) is 0 Å². The Hall–Kier alpha value is -1.26. The van der Waals surface area contributed by atoms with Crippen molar-refractivity contribution in [2.24, 2.45) is 5.92 Å². The molecular formula is C17H27NO3. The molecule has 0 radical (unpaired) electrons. The van der Waals surface area contributed by atoms with Crippen molar-refractivity contribution in [1.29, 1.82) is 0 Å². The van der Waals surface area contributed by atoms with Gasteiger partial charge in [0.1, 0.15) is 0 Å². The second-order valence-electron chi connectivity index (χ2n) is 5.38. The van der Waals surface area contributed by atoms with Crippen LogP contribution in [0, 0.1) is 5.92 Å². The first-order valence-corrected chi connectivity index (χ1v) is 7.93. The number of rotatable bonds is 8. The van der Waals surface area contributed by atoms with Crippen LogP contribution in [0.15, 0.2) is 18.2 Å². The number of nitrogens with one attached hydrogen (secondary N) is 1. The molecule has 1 fully saturated rings. The number of hydrogen-bond acceptors (Lipinski definition) is 4. The molecule has 1 saturated heterocycles. The lowest BCUT2D eigenvalue weighted by Gasteiger charge is -2.21. The fraction of sp³-hybridized carbons (Fsp3) is 0.647. The van der Waals surface area contributed by atoms with Crippen LogP contribution in [0.3, 0.4) is 0 Å². The van der Waals surface area contributed by atoms with E-state index in [1.54, 1.807) is 0 Å². The molecule has 1 heterocycles. The molecule has 1 N–H and O–H groups in total. The van der Waals surface area contributed by atoms with Gasteiger partial charge >= 0.3 is 0 Å². The Morgan fingerprint density at radius 1 is 1.24 bits per heavy atom. The Morgan fingerprint density at radius 2 is 2.00 bits per heavy atom. The Kier molecular flexibility index (Phi) is 6.33. The van der Waals surface area contributed by atoms with Crippen molar-refractivity contribution in [2.45, 2.75) is 32.7 Å². The first-order valence-electron chi connectivity index (χ1n) is 7.93. The van der Waals surface area contributed by atoms with E-state index in [0.29, 0.717) is 25.2 Å². The third kappa shape index (κ3) is 4.35. The zero-order chi connectivity index (χ0) is 15.1. The van der Waals surface area contributed by atoms with Crippen molar-refractivity contribution in [2.75, 3.05) is 33.5 Å². The van der Waals surface area contributed by atoms with Crippen molar-refractivity contribution in [3.8, 4) is 11.5 Å². The van der Waals surface area contributed by atoms with Crippen LogP contribution >= 0.6 is 0 Å². The second kappa shape index (κ2) is 8.25. The number of ether oxygens (including phenoxy) is 3. The largest absolute Gasteiger partial charge is 0.490 e. The summed E-state index contributed by atoms with van der Waals surface area (Å²) in [6, 6.07) is 6.57. The van der Waals surface area contributed by atoms with Gasteiger partial charge in [-0.1, -0.05) is 6.07 Å². The van der Waals surface area contributed by atoms with Crippen LogP contribution in [0.25, 0.3) is 0 Å². The Morgan fingerprint density at radius 3 is 2.62 bits per heavy atom. The fourth-order valence-electron chi connectivity index (χ4n) is 2.81. The highest BCUT2D eigenvalue weighted by Gasteiger charge is 2.21. The van der Waals surface area contributed by atoms with Crippen LogP contribution in [0.4, 0.5) is 0 Å². The number of hydrogen-bond donors (Lipinski definition) is 1. The fourth-order valence-corrected chi connectivity index (χ4v) is 2.81. The summed E-state index contributed by atoms with van der Waals surface area (Å²) in [5.74, 6) is 2.30. The quantitative estimate of drug-likeness (QED) is 0.799. The van der Waals surface area contributed by atoms with Crippen molar-refractivity contribution < 1.29 is 14.2 Å². The first-order chi connectivity index (χ1) is 10.3. The summed E-state index contributed by atoms with van der Waals surface area (Å²) < 4.78 is 16.8. The van der Waals surface area contributed by atoms with Gasteiger partial charge in [0, 0.05) is 19.3 Å². The SMILES string of the molecule is CCOc1ccc(C(CC2CCOC2)NC)cc1OCC. The third-order valence-electron chi connectivity index (χ3n) is 3.91. The van der Waals surface area contributed by atoms with Gasteiger partial charge in [-0.15, -0.1) is 0 Å². The highest BCUT2D eigenvalue weighted by molar-refractivity contribution is 5.44. The van der Waals surface area contributed by atoms with Gasteiger partial charge in [0.25, 0.3) is 0 Å². The predicted molar refractivity (Wildman–Crippen MR) is 84.1 cm³/mol. The van der Waals surface area contributed by atoms with E-state index < -0.39 is 0 Å². The molecule has 0 bridgehead atoms. The van der Waals surface area contributed by atoms with E-state index >= 15 is 0 Å². The summed E-state index contributed by atoms with van der Waals surface area (Å²) in [6.45, 7) is 7.05. The Bertz CT molecular complexity index is 430. The van der Waals surface area contributed by atoms with Gasteiger partial charge in [0.2, 0.25) is 0 Å². The summed E-state index contributed by atoms with van der Waals surface area (Å²) in [4.78, 5) is 0. The first kappa shape index (κ1) is 16.1. The molecule has 4 heteroatoms. The third-order valence-corrected chi connectivity index (χ3v) is 3.91. The molecule has 1 aromatic rings. The lowest BCUT2D eigenvalue weighted by molar-refractivity contribution is 0.181. The van der Waals surface area contributed by atoms with E-state index in [2.05, 4.69) is 17.4 Å². The van der Waals surface area contributed by atoms with Gasteiger partial charge in [0.05, 0.1) is 13.2 Å². The lowest BCUT2D eigenvalue weighted by atomic mass is 9.94. The van der Waals surface area contributed by atoms with Crippen molar-refractivity contribution in [3.05, 3.63) is 23.8 Å². The highest BCUT2D eigenvalue weighted by Crippen LogP contribution is 2.33. The van der Waals surface area contributed by atoms with Crippen LogP contribution in [0.1, 0.15) is 38.3 Å². The normalized spacial score (nSPS) is 19.5. The average Bonchev–Trinajstić information content (AvgIpc) is 3.00. The monoisotopic (exact) mass is 293 g/mol. The molecule has 0 spiro atoms. The molecule has 1 aliphatic rings. The molecule has 21 heavy (non-hydrogen) atoms. The van der Waals surface area contributed by atoms with Gasteiger partial charge < -0.3 is 19.5 Å². The van der Waals surface area contributed by atoms with E-state index in [9.17, 15) is 0 Å². The molecular weight excluding hydrogens is 266 g/mol.